The van der Waals surface area contributed by atoms with E-state index in [1.54, 1.807) is 41.9 Å². The smallest absolute Gasteiger partial charge is 0.262 e. The number of amides is 1. The van der Waals surface area contributed by atoms with Gasteiger partial charge in [-0.15, -0.1) is 0 Å². The quantitative estimate of drug-likeness (QED) is 0.445. The molecule has 2 aromatic heterocycles. The minimum absolute atomic E-state index is 0.0710. The lowest BCUT2D eigenvalue weighted by atomic mass is 10.2. The summed E-state index contributed by atoms with van der Waals surface area (Å²) in [6, 6.07) is 18.3. The predicted molar refractivity (Wildman–Crippen MR) is 125 cm³/mol. The second kappa shape index (κ2) is 9.52. The number of hydrogen-bond donors (Lipinski definition) is 1. The van der Waals surface area contributed by atoms with Crippen LogP contribution in [0.15, 0.2) is 60.7 Å². The molecule has 0 radical (unpaired) electrons. The molecule has 0 aliphatic heterocycles. The lowest BCUT2D eigenvalue weighted by Gasteiger charge is -2.11. The van der Waals surface area contributed by atoms with Crippen molar-refractivity contribution in [1.29, 1.82) is 0 Å². The van der Waals surface area contributed by atoms with E-state index in [1.807, 2.05) is 51.1 Å². The van der Waals surface area contributed by atoms with Crippen molar-refractivity contribution in [2.75, 3.05) is 11.9 Å². The van der Waals surface area contributed by atoms with E-state index >= 15 is 0 Å². The van der Waals surface area contributed by atoms with E-state index in [9.17, 15) is 4.79 Å². The van der Waals surface area contributed by atoms with E-state index < -0.39 is 0 Å². The molecule has 0 saturated carbocycles. The number of benzene rings is 2. The van der Waals surface area contributed by atoms with Crippen LogP contribution in [-0.4, -0.2) is 32.3 Å². The second-order valence-corrected chi connectivity index (χ2v) is 7.68. The molecule has 0 unspecified atom stereocenters. The Bertz CT molecular complexity index is 1280. The first-order valence-electron chi connectivity index (χ1n) is 10.5. The maximum absolute atomic E-state index is 12.2. The third-order valence-corrected chi connectivity index (χ3v) is 4.84. The van der Waals surface area contributed by atoms with Gasteiger partial charge in [-0.2, -0.15) is 10.1 Å². The minimum atomic E-state index is -0.243. The number of aryl methyl sites for hydroxylation is 4. The first-order valence-corrected chi connectivity index (χ1v) is 10.5. The second-order valence-electron chi connectivity index (χ2n) is 7.68. The van der Waals surface area contributed by atoms with Crippen LogP contribution in [0, 0.1) is 27.7 Å². The number of para-hydroxylation sites is 1. The summed E-state index contributed by atoms with van der Waals surface area (Å²) in [4.78, 5) is 21.0. The van der Waals surface area contributed by atoms with Gasteiger partial charge in [0.15, 0.2) is 12.4 Å². The number of rotatable bonds is 7. The highest BCUT2D eigenvalue weighted by Gasteiger charge is 2.10. The monoisotopic (exact) mass is 443 g/mol. The van der Waals surface area contributed by atoms with Crippen LogP contribution in [0.1, 0.15) is 22.8 Å². The Labute approximate surface area is 192 Å². The Kier molecular flexibility index (Phi) is 6.35. The molecule has 33 heavy (non-hydrogen) atoms. The third-order valence-electron chi connectivity index (χ3n) is 4.84. The molecule has 8 heteroatoms. The zero-order valence-corrected chi connectivity index (χ0v) is 19.0. The summed E-state index contributed by atoms with van der Waals surface area (Å²) >= 11 is 0. The first kappa shape index (κ1) is 22.0. The number of hydrogen-bond acceptors (Lipinski definition) is 6. The number of aromatic nitrogens is 4. The van der Waals surface area contributed by atoms with E-state index in [2.05, 4.69) is 20.4 Å². The van der Waals surface area contributed by atoms with E-state index in [-0.39, 0.29) is 12.5 Å². The molecule has 0 aliphatic carbocycles. The fourth-order valence-electron chi connectivity index (χ4n) is 3.33. The van der Waals surface area contributed by atoms with Gasteiger partial charge in [0.25, 0.3) is 5.91 Å². The van der Waals surface area contributed by atoms with Gasteiger partial charge in [0.1, 0.15) is 17.3 Å². The Balaban J connectivity index is 1.39. The van der Waals surface area contributed by atoms with Gasteiger partial charge in [-0.3, -0.25) is 4.79 Å². The molecule has 0 atom stereocenters. The van der Waals surface area contributed by atoms with Gasteiger partial charge in [0, 0.05) is 17.4 Å². The SMILES string of the molecule is Cc1cc(C)n(-c2cc(Oc3ccc(NC(=O)COc4ccccc4C)cc3)nc(C)n2)n1. The Morgan fingerprint density at radius 3 is 2.42 bits per heavy atom. The Morgan fingerprint density at radius 1 is 0.970 bits per heavy atom. The summed E-state index contributed by atoms with van der Waals surface area (Å²) in [5.74, 6) is 2.66. The number of carbonyl (C=O) groups is 1. The molecule has 2 heterocycles. The largest absolute Gasteiger partial charge is 0.483 e. The summed E-state index contributed by atoms with van der Waals surface area (Å²) < 4.78 is 13.3. The molecule has 4 rings (SSSR count). The summed E-state index contributed by atoms with van der Waals surface area (Å²) in [5, 5.41) is 7.28. The summed E-state index contributed by atoms with van der Waals surface area (Å²) in [6.45, 7) is 7.57. The number of nitrogens with zero attached hydrogens (tertiary/aromatic N) is 4. The molecule has 0 aliphatic rings. The van der Waals surface area contributed by atoms with E-state index in [4.69, 9.17) is 9.47 Å². The fraction of sp³-hybridized carbons (Fsp3) is 0.200. The highest BCUT2D eigenvalue weighted by molar-refractivity contribution is 5.91. The van der Waals surface area contributed by atoms with E-state index in [0.717, 1.165) is 17.0 Å². The molecule has 1 amide bonds. The molecule has 0 spiro atoms. The van der Waals surface area contributed by atoms with Crippen LogP contribution < -0.4 is 14.8 Å². The maximum Gasteiger partial charge on any atom is 0.262 e. The average Bonchev–Trinajstić information content (AvgIpc) is 3.12. The van der Waals surface area contributed by atoms with Crippen molar-refractivity contribution >= 4 is 11.6 Å². The van der Waals surface area contributed by atoms with Crippen LogP contribution in [0.5, 0.6) is 17.4 Å². The van der Waals surface area contributed by atoms with Gasteiger partial charge in [-0.05, 0) is 69.7 Å². The molecular formula is C25H25N5O3. The summed E-state index contributed by atoms with van der Waals surface area (Å²) in [6.07, 6.45) is 0. The molecule has 0 saturated heterocycles. The molecule has 1 N–H and O–H groups in total. The lowest BCUT2D eigenvalue weighted by molar-refractivity contribution is -0.118. The van der Waals surface area contributed by atoms with Gasteiger partial charge >= 0.3 is 0 Å². The summed E-state index contributed by atoms with van der Waals surface area (Å²) in [7, 11) is 0. The molecule has 4 aromatic rings. The van der Waals surface area contributed by atoms with Gasteiger partial charge in [0.05, 0.1) is 5.69 Å². The molecular weight excluding hydrogens is 418 g/mol. The van der Waals surface area contributed by atoms with Crippen molar-refractivity contribution in [3.63, 3.8) is 0 Å². The predicted octanol–water partition coefficient (Wildman–Crippen LogP) is 4.71. The van der Waals surface area contributed by atoms with Crippen LogP contribution in [0.2, 0.25) is 0 Å². The van der Waals surface area contributed by atoms with Crippen LogP contribution in [0.25, 0.3) is 5.82 Å². The highest BCUT2D eigenvalue weighted by Crippen LogP contribution is 2.24. The molecule has 2 aromatic carbocycles. The van der Waals surface area contributed by atoms with Crippen molar-refractivity contribution in [2.24, 2.45) is 0 Å². The third kappa shape index (κ3) is 5.54. The average molecular weight is 444 g/mol. The first-order chi connectivity index (χ1) is 15.9. The van der Waals surface area contributed by atoms with Crippen molar-refractivity contribution in [1.82, 2.24) is 19.7 Å². The fourth-order valence-corrected chi connectivity index (χ4v) is 3.33. The molecule has 0 fully saturated rings. The van der Waals surface area contributed by atoms with Gasteiger partial charge in [0.2, 0.25) is 5.88 Å². The zero-order chi connectivity index (χ0) is 23.4. The standard InChI is InChI=1S/C25H25N5O3/c1-16-7-5-6-8-22(16)32-15-24(31)28-20-9-11-21(12-10-20)33-25-14-23(26-19(4)27-25)30-18(3)13-17(2)29-30/h5-14H,15H2,1-4H3,(H,28,31). The van der Waals surface area contributed by atoms with Gasteiger partial charge in [-0.1, -0.05) is 18.2 Å². The molecule has 0 bridgehead atoms. The lowest BCUT2D eigenvalue weighted by Crippen LogP contribution is -2.20. The van der Waals surface area contributed by atoms with Crippen LogP contribution in [0.4, 0.5) is 5.69 Å². The van der Waals surface area contributed by atoms with E-state index in [0.29, 0.717) is 34.7 Å². The maximum atomic E-state index is 12.2. The molecule has 8 nitrogen and oxygen atoms in total. The highest BCUT2D eigenvalue weighted by atomic mass is 16.5. The van der Waals surface area contributed by atoms with Crippen LogP contribution in [-0.2, 0) is 4.79 Å². The van der Waals surface area contributed by atoms with Crippen molar-refractivity contribution < 1.29 is 14.3 Å². The van der Waals surface area contributed by atoms with Crippen molar-refractivity contribution in [2.45, 2.75) is 27.7 Å². The van der Waals surface area contributed by atoms with Gasteiger partial charge < -0.3 is 14.8 Å². The van der Waals surface area contributed by atoms with Crippen LogP contribution in [0.3, 0.4) is 0 Å². The number of ether oxygens (including phenoxy) is 2. The Hall–Kier alpha value is -4.20. The Morgan fingerprint density at radius 2 is 1.73 bits per heavy atom. The van der Waals surface area contributed by atoms with Crippen molar-refractivity contribution in [3.05, 3.63) is 83.4 Å². The molecule has 168 valence electrons. The normalized spacial score (nSPS) is 10.7. The summed E-state index contributed by atoms with van der Waals surface area (Å²) in [5.41, 5.74) is 3.51. The topological polar surface area (TPSA) is 91.2 Å². The minimum Gasteiger partial charge on any atom is -0.483 e. The van der Waals surface area contributed by atoms with Gasteiger partial charge in [-0.25, -0.2) is 9.67 Å². The van der Waals surface area contributed by atoms with E-state index in [1.165, 1.54) is 0 Å². The number of carbonyl (C=O) groups excluding carboxylic acids is 1. The number of nitrogens with one attached hydrogen (secondary N) is 1. The van der Waals surface area contributed by atoms with Crippen molar-refractivity contribution in [3.8, 4) is 23.2 Å². The zero-order valence-electron chi connectivity index (χ0n) is 19.0. The van der Waals surface area contributed by atoms with Crippen LogP contribution >= 0.6 is 0 Å². The number of anilines is 1.